The Kier molecular flexibility index (Phi) is 6.09. The fraction of sp³-hybridized carbons (Fsp3) is 0.407. The van der Waals surface area contributed by atoms with E-state index < -0.39 is 6.04 Å². The quantitative estimate of drug-likeness (QED) is 0.611. The highest BCUT2D eigenvalue weighted by atomic mass is 16.2. The molecule has 2 aromatic carbocycles. The first kappa shape index (κ1) is 22.1. The number of hydrogen-bond acceptors (Lipinski definition) is 2. The Balaban J connectivity index is 1.33. The normalized spacial score (nSPS) is 16.2. The number of rotatable bonds is 4. The Bertz CT molecular complexity index is 1100. The maximum Gasteiger partial charge on any atom is 0.251 e. The molecule has 0 aliphatic carbocycles. The van der Waals surface area contributed by atoms with Crippen molar-refractivity contribution in [1.82, 2.24) is 15.2 Å². The second kappa shape index (κ2) is 8.81. The predicted molar refractivity (Wildman–Crippen MR) is 129 cm³/mol. The molecule has 1 unspecified atom stereocenters. The zero-order valence-corrected chi connectivity index (χ0v) is 19.4. The summed E-state index contributed by atoms with van der Waals surface area (Å²) in [4.78, 5) is 30.9. The van der Waals surface area contributed by atoms with Crippen molar-refractivity contribution >= 4 is 22.7 Å². The van der Waals surface area contributed by atoms with Crippen LogP contribution in [-0.4, -0.2) is 40.8 Å². The average Bonchev–Trinajstić information content (AvgIpc) is 3.22. The van der Waals surface area contributed by atoms with Crippen LogP contribution in [-0.2, 0) is 10.2 Å². The molecule has 168 valence electrons. The molecule has 2 heterocycles. The third-order valence-corrected chi connectivity index (χ3v) is 6.60. The van der Waals surface area contributed by atoms with E-state index in [4.69, 9.17) is 0 Å². The number of piperidine rings is 1. The molecule has 1 aromatic heterocycles. The Labute approximate surface area is 190 Å². The minimum absolute atomic E-state index is 0.0120. The van der Waals surface area contributed by atoms with E-state index in [2.05, 4.69) is 55.5 Å². The standard InChI is InChI=1S/C27H33N3O2/c1-18(29-25(31)20-9-11-21(12-10-20)27(2,3)4)26(32)30-15-13-19(14-16-30)23-17-28-24-8-6-5-7-22(23)24/h5-12,17-19,28H,13-16H2,1-4H3,(H,29,31). The number of carbonyl (C=O) groups is 2. The lowest BCUT2D eigenvalue weighted by atomic mass is 9.86. The van der Waals surface area contributed by atoms with Crippen LogP contribution >= 0.6 is 0 Å². The van der Waals surface area contributed by atoms with Crippen molar-refractivity contribution < 1.29 is 9.59 Å². The summed E-state index contributed by atoms with van der Waals surface area (Å²) in [6.07, 6.45) is 3.98. The van der Waals surface area contributed by atoms with E-state index in [9.17, 15) is 9.59 Å². The second-order valence-electron chi connectivity index (χ2n) is 9.91. The predicted octanol–water partition coefficient (Wildman–Crippen LogP) is 4.99. The lowest BCUT2D eigenvalue weighted by Gasteiger charge is -2.33. The molecule has 5 heteroatoms. The van der Waals surface area contributed by atoms with E-state index in [1.807, 2.05) is 35.2 Å². The number of benzene rings is 2. The lowest BCUT2D eigenvalue weighted by molar-refractivity contribution is -0.133. The molecule has 1 atom stereocenters. The van der Waals surface area contributed by atoms with E-state index >= 15 is 0 Å². The first-order valence-corrected chi connectivity index (χ1v) is 11.5. The van der Waals surface area contributed by atoms with Gasteiger partial charge >= 0.3 is 0 Å². The van der Waals surface area contributed by atoms with Gasteiger partial charge in [0.2, 0.25) is 5.91 Å². The van der Waals surface area contributed by atoms with E-state index in [1.54, 1.807) is 6.92 Å². The van der Waals surface area contributed by atoms with Crippen LogP contribution in [0.3, 0.4) is 0 Å². The molecule has 1 saturated heterocycles. The number of H-pyrrole nitrogens is 1. The summed E-state index contributed by atoms with van der Waals surface area (Å²) in [6, 6.07) is 15.4. The second-order valence-corrected chi connectivity index (χ2v) is 9.91. The molecule has 3 aromatic rings. The van der Waals surface area contributed by atoms with Crippen LogP contribution < -0.4 is 5.32 Å². The number of carbonyl (C=O) groups excluding carboxylic acids is 2. The molecule has 2 N–H and O–H groups in total. The lowest BCUT2D eigenvalue weighted by Crippen LogP contribution is -2.49. The van der Waals surface area contributed by atoms with Crippen LogP contribution in [0.1, 0.15) is 67.9 Å². The van der Waals surface area contributed by atoms with Gasteiger partial charge < -0.3 is 15.2 Å². The SMILES string of the molecule is CC(NC(=O)c1ccc(C(C)(C)C)cc1)C(=O)N1CCC(c2c[nH]c3ccccc23)CC1. The van der Waals surface area contributed by atoms with Gasteiger partial charge in [0.1, 0.15) is 6.04 Å². The highest BCUT2D eigenvalue weighted by Crippen LogP contribution is 2.33. The van der Waals surface area contributed by atoms with Crippen molar-refractivity contribution in [3.63, 3.8) is 0 Å². The van der Waals surface area contributed by atoms with Crippen molar-refractivity contribution in [2.45, 2.75) is 57.9 Å². The van der Waals surface area contributed by atoms with Gasteiger partial charge in [0.25, 0.3) is 5.91 Å². The van der Waals surface area contributed by atoms with E-state index in [0.29, 0.717) is 24.6 Å². The van der Waals surface area contributed by atoms with Gasteiger partial charge in [-0.1, -0.05) is 51.1 Å². The number of hydrogen-bond donors (Lipinski definition) is 2. The molecule has 0 saturated carbocycles. The molecule has 0 radical (unpaired) electrons. The fourth-order valence-corrected chi connectivity index (χ4v) is 4.58. The van der Waals surface area contributed by atoms with Gasteiger partial charge in [-0.3, -0.25) is 9.59 Å². The Hall–Kier alpha value is -3.08. The van der Waals surface area contributed by atoms with Gasteiger partial charge in [-0.25, -0.2) is 0 Å². The first-order valence-electron chi connectivity index (χ1n) is 11.5. The van der Waals surface area contributed by atoms with Gasteiger partial charge in [-0.15, -0.1) is 0 Å². The van der Waals surface area contributed by atoms with Gasteiger partial charge in [-0.05, 0) is 60.4 Å². The summed E-state index contributed by atoms with van der Waals surface area (Å²) >= 11 is 0. The molecule has 4 rings (SSSR count). The largest absolute Gasteiger partial charge is 0.361 e. The molecule has 0 spiro atoms. The molecule has 5 nitrogen and oxygen atoms in total. The van der Waals surface area contributed by atoms with Crippen LogP contribution in [0.2, 0.25) is 0 Å². The molecule has 1 aliphatic heterocycles. The number of aromatic amines is 1. The maximum absolute atomic E-state index is 13.0. The zero-order valence-electron chi connectivity index (χ0n) is 19.4. The monoisotopic (exact) mass is 431 g/mol. The highest BCUT2D eigenvalue weighted by molar-refractivity contribution is 5.97. The van der Waals surface area contributed by atoms with Gasteiger partial charge in [0, 0.05) is 35.8 Å². The molecule has 32 heavy (non-hydrogen) atoms. The molecule has 1 aliphatic rings. The van der Waals surface area contributed by atoms with Crippen LogP contribution in [0.4, 0.5) is 0 Å². The summed E-state index contributed by atoms with van der Waals surface area (Å²) < 4.78 is 0. The Morgan fingerprint density at radius 3 is 2.34 bits per heavy atom. The van der Waals surface area contributed by atoms with Crippen molar-refractivity contribution in [1.29, 1.82) is 0 Å². The summed E-state index contributed by atoms with van der Waals surface area (Å²) in [7, 11) is 0. The third kappa shape index (κ3) is 4.57. The topological polar surface area (TPSA) is 65.2 Å². The number of fused-ring (bicyclic) bond motifs is 1. The first-order chi connectivity index (χ1) is 15.2. The highest BCUT2D eigenvalue weighted by Gasteiger charge is 2.28. The maximum atomic E-state index is 13.0. The number of amides is 2. The summed E-state index contributed by atoms with van der Waals surface area (Å²) in [5, 5.41) is 4.15. The van der Waals surface area contributed by atoms with Crippen molar-refractivity contribution in [3.05, 3.63) is 71.4 Å². The smallest absolute Gasteiger partial charge is 0.251 e. The number of aromatic nitrogens is 1. The number of likely N-dealkylation sites (tertiary alicyclic amines) is 1. The molecular formula is C27H33N3O2. The van der Waals surface area contributed by atoms with E-state index in [0.717, 1.165) is 18.4 Å². The summed E-state index contributed by atoms with van der Waals surface area (Å²) in [6.45, 7) is 9.63. The molecule has 2 amide bonds. The minimum atomic E-state index is -0.547. The van der Waals surface area contributed by atoms with Gasteiger partial charge in [0.05, 0.1) is 0 Å². The van der Waals surface area contributed by atoms with Gasteiger partial charge in [0.15, 0.2) is 0 Å². The Morgan fingerprint density at radius 2 is 1.69 bits per heavy atom. The van der Waals surface area contributed by atoms with Crippen molar-refractivity contribution in [2.75, 3.05) is 13.1 Å². The zero-order chi connectivity index (χ0) is 22.9. The van der Waals surface area contributed by atoms with Crippen LogP contribution in [0.5, 0.6) is 0 Å². The molecule has 0 bridgehead atoms. The number of nitrogens with one attached hydrogen (secondary N) is 2. The van der Waals surface area contributed by atoms with Crippen LogP contribution in [0.15, 0.2) is 54.7 Å². The van der Waals surface area contributed by atoms with Crippen molar-refractivity contribution in [3.8, 4) is 0 Å². The van der Waals surface area contributed by atoms with Crippen LogP contribution in [0.25, 0.3) is 10.9 Å². The number of para-hydroxylation sites is 1. The summed E-state index contributed by atoms with van der Waals surface area (Å²) in [5.41, 5.74) is 4.30. The van der Waals surface area contributed by atoms with Crippen molar-refractivity contribution in [2.24, 2.45) is 0 Å². The fourth-order valence-electron chi connectivity index (χ4n) is 4.58. The molecule has 1 fully saturated rings. The van der Waals surface area contributed by atoms with Crippen LogP contribution in [0, 0.1) is 0 Å². The molecular weight excluding hydrogens is 398 g/mol. The Morgan fingerprint density at radius 1 is 1.03 bits per heavy atom. The minimum Gasteiger partial charge on any atom is -0.361 e. The third-order valence-electron chi connectivity index (χ3n) is 6.60. The summed E-state index contributed by atoms with van der Waals surface area (Å²) in [5.74, 6) is 0.225. The number of nitrogens with zero attached hydrogens (tertiary/aromatic N) is 1. The van der Waals surface area contributed by atoms with E-state index in [-0.39, 0.29) is 17.2 Å². The average molecular weight is 432 g/mol. The van der Waals surface area contributed by atoms with Gasteiger partial charge in [-0.2, -0.15) is 0 Å². The van der Waals surface area contributed by atoms with E-state index in [1.165, 1.54) is 16.5 Å².